The summed E-state index contributed by atoms with van der Waals surface area (Å²) < 4.78 is 77.9. The van der Waals surface area contributed by atoms with Gasteiger partial charge in [0.15, 0.2) is 0 Å². The molecule has 0 saturated heterocycles. The molecule has 0 aliphatic heterocycles. The summed E-state index contributed by atoms with van der Waals surface area (Å²) in [6.07, 6.45) is 4.55. The van der Waals surface area contributed by atoms with Crippen LogP contribution in [0.15, 0.2) is 270 Å². The van der Waals surface area contributed by atoms with Crippen LogP contribution in [0, 0.1) is 76.4 Å². The number of rotatable bonds is 15. The van der Waals surface area contributed by atoms with E-state index in [1.165, 1.54) is 73.1 Å². The highest BCUT2D eigenvalue weighted by molar-refractivity contribution is 5.87. The molecule has 0 aliphatic rings. The molecule has 12 aromatic rings. The topological polar surface area (TPSA) is 195 Å². The van der Waals surface area contributed by atoms with Crippen molar-refractivity contribution in [2.24, 2.45) is 15.0 Å². The Bertz CT molecular complexity index is 4780. The second-order valence-corrected chi connectivity index (χ2v) is 23.3. The number of hydrogen-bond donors (Lipinski definition) is 9. The van der Waals surface area contributed by atoms with E-state index in [0.717, 1.165) is 55.8 Å². The third-order valence-electron chi connectivity index (χ3n) is 14.8. The number of nitrogens with one attached hydrogen (secondary N) is 3. The van der Waals surface area contributed by atoms with Crippen LogP contribution in [0.4, 0.5) is 60.5 Å². The lowest BCUT2D eigenvalue weighted by atomic mass is 10.1. The standard InChI is InChI=1S/C14H14FNO.C14H12FNO.C14H14FNO.C14H12FNO.C14H14FNO.C14H12FNO/c2*1-10-2-7-14(17)11(8-10)9-16-13-5-3-12(15)4-6-13;2*1-10-5-6-14(17)11(7-10)9-16-13-4-2-3-12(15)8-13;2*1-10-6-7-14(17)11(8-10)9-16-13-5-3-2-4-12(13)15/h2-8,16-17H,9H2,1H3;2-9,17H,1H3;2-8,16-17H,9H2,1H3;2-9,17H,1H3;2-8,16-17H,9H2,1H3;2-9,17H,1H3. The number of phenolic OH excluding ortho intramolecular Hbond substituents is 6. The van der Waals surface area contributed by atoms with Crippen molar-refractivity contribution in [2.75, 3.05) is 16.0 Å². The maximum Gasteiger partial charge on any atom is 0.148 e. The van der Waals surface area contributed by atoms with Crippen molar-refractivity contribution in [1.82, 2.24) is 0 Å². The van der Waals surface area contributed by atoms with Gasteiger partial charge in [-0.1, -0.05) is 124 Å². The van der Waals surface area contributed by atoms with Gasteiger partial charge in [0.2, 0.25) is 0 Å². The third kappa shape index (κ3) is 26.4. The molecule has 0 atom stereocenters. The van der Waals surface area contributed by atoms with Crippen molar-refractivity contribution in [3.63, 3.8) is 0 Å². The Morgan fingerprint density at radius 2 is 0.657 bits per heavy atom. The predicted octanol–water partition coefficient (Wildman–Crippen LogP) is 21.1. The van der Waals surface area contributed by atoms with E-state index in [1.807, 2.05) is 102 Å². The molecule has 18 heteroatoms. The molecular formula is C84H78F6N6O6. The summed E-state index contributed by atoms with van der Waals surface area (Å²) in [6.45, 7) is 13.1. The van der Waals surface area contributed by atoms with E-state index in [0.29, 0.717) is 59.1 Å². The lowest BCUT2D eigenvalue weighted by molar-refractivity contribution is 0.468. The van der Waals surface area contributed by atoms with Gasteiger partial charge in [-0.3, -0.25) is 15.0 Å². The Kier molecular flexibility index (Phi) is 29.5. The maximum absolute atomic E-state index is 13.3. The van der Waals surface area contributed by atoms with Gasteiger partial charge in [-0.15, -0.1) is 0 Å². The summed E-state index contributed by atoms with van der Waals surface area (Å²) >= 11 is 0. The molecule has 12 aromatic carbocycles. The zero-order valence-electron chi connectivity index (χ0n) is 56.9. The van der Waals surface area contributed by atoms with E-state index < -0.39 is 0 Å². The molecule has 0 heterocycles. The molecular weight excluding hydrogens is 1300 g/mol. The molecule has 522 valence electrons. The number of para-hydroxylation sites is 2. The fraction of sp³-hybridized carbons (Fsp3) is 0.107. The van der Waals surface area contributed by atoms with Crippen LogP contribution in [-0.4, -0.2) is 49.3 Å². The lowest BCUT2D eigenvalue weighted by Crippen LogP contribution is -2.01. The fourth-order valence-electron chi connectivity index (χ4n) is 9.32. The number of phenols is 6. The summed E-state index contributed by atoms with van der Waals surface area (Å²) in [6, 6.07) is 68.9. The van der Waals surface area contributed by atoms with Crippen LogP contribution in [0.25, 0.3) is 0 Å². The minimum atomic E-state index is -0.379. The minimum absolute atomic E-state index is 0.135. The first kappa shape index (κ1) is 76.8. The number of aryl methyl sites for hydroxylation is 6. The van der Waals surface area contributed by atoms with E-state index in [1.54, 1.807) is 140 Å². The summed E-state index contributed by atoms with van der Waals surface area (Å²) in [5.74, 6) is -0.597. The number of aromatic hydroxyl groups is 6. The Labute approximate surface area is 590 Å². The molecule has 0 fully saturated rings. The van der Waals surface area contributed by atoms with Crippen molar-refractivity contribution in [2.45, 2.75) is 61.2 Å². The maximum atomic E-state index is 13.3. The molecule has 0 spiro atoms. The van der Waals surface area contributed by atoms with E-state index >= 15 is 0 Å². The van der Waals surface area contributed by atoms with Gasteiger partial charge in [0.25, 0.3) is 0 Å². The van der Waals surface area contributed by atoms with Crippen LogP contribution in [0.5, 0.6) is 34.5 Å². The van der Waals surface area contributed by atoms with Gasteiger partial charge < -0.3 is 46.6 Å². The van der Waals surface area contributed by atoms with Crippen molar-refractivity contribution >= 4 is 52.8 Å². The van der Waals surface area contributed by atoms with Crippen LogP contribution in [0.2, 0.25) is 0 Å². The van der Waals surface area contributed by atoms with Gasteiger partial charge in [0, 0.05) is 83.0 Å². The summed E-state index contributed by atoms with van der Waals surface area (Å²) in [4.78, 5) is 12.3. The van der Waals surface area contributed by atoms with Gasteiger partial charge in [-0.25, -0.2) is 26.3 Å². The molecule has 0 unspecified atom stereocenters. The highest BCUT2D eigenvalue weighted by Crippen LogP contribution is 2.26. The lowest BCUT2D eigenvalue weighted by Gasteiger charge is -2.09. The van der Waals surface area contributed by atoms with Gasteiger partial charge in [0.1, 0.15) is 69.4 Å². The molecule has 0 bridgehead atoms. The first-order valence-electron chi connectivity index (χ1n) is 32.0. The van der Waals surface area contributed by atoms with E-state index in [2.05, 4.69) is 30.9 Å². The summed E-state index contributed by atoms with van der Waals surface area (Å²) in [7, 11) is 0. The Morgan fingerprint density at radius 3 is 1.11 bits per heavy atom. The van der Waals surface area contributed by atoms with E-state index in [4.69, 9.17) is 0 Å². The van der Waals surface area contributed by atoms with Crippen molar-refractivity contribution in [1.29, 1.82) is 0 Å². The molecule has 0 amide bonds. The average Bonchev–Trinajstić information content (AvgIpc) is 0.931. The molecule has 0 saturated carbocycles. The highest BCUT2D eigenvalue weighted by Gasteiger charge is 2.08. The van der Waals surface area contributed by atoms with Gasteiger partial charge >= 0.3 is 0 Å². The number of halogens is 6. The Hall–Kier alpha value is -12.6. The number of hydrogen-bond acceptors (Lipinski definition) is 12. The van der Waals surface area contributed by atoms with Crippen LogP contribution in [0.1, 0.15) is 66.8 Å². The molecule has 0 radical (unpaired) electrons. The Balaban J connectivity index is 0.000000172. The van der Waals surface area contributed by atoms with E-state index in [9.17, 15) is 57.0 Å². The smallest absolute Gasteiger partial charge is 0.148 e. The second kappa shape index (κ2) is 39.1. The van der Waals surface area contributed by atoms with Crippen LogP contribution in [0.3, 0.4) is 0 Å². The zero-order valence-corrected chi connectivity index (χ0v) is 56.9. The van der Waals surface area contributed by atoms with Crippen molar-refractivity contribution in [3.8, 4) is 34.5 Å². The molecule has 0 aromatic heterocycles. The third-order valence-corrected chi connectivity index (χ3v) is 14.8. The summed E-state index contributed by atoms with van der Waals surface area (Å²) in [5.41, 5.74) is 13.9. The van der Waals surface area contributed by atoms with Crippen LogP contribution in [-0.2, 0) is 19.6 Å². The van der Waals surface area contributed by atoms with E-state index in [-0.39, 0.29) is 75.1 Å². The normalized spacial score (nSPS) is 10.6. The number of benzene rings is 12. The first-order valence-corrected chi connectivity index (χ1v) is 32.0. The monoisotopic (exact) mass is 1380 g/mol. The van der Waals surface area contributed by atoms with Gasteiger partial charge in [-0.05, 0) is 205 Å². The van der Waals surface area contributed by atoms with Gasteiger partial charge in [-0.2, -0.15) is 0 Å². The van der Waals surface area contributed by atoms with Crippen LogP contribution >= 0.6 is 0 Å². The van der Waals surface area contributed by atoms with Crippen molar-refractivity contribution < 1.29 is 57.0 Å². The number of aliphatic imine (C=N–C) groups is 3. The molecule has 102 heavy (non-hydrogen) atoms. The highest BCUT2D eigenvalue weighted by atomic mass is 19.1. The van der Waals surface area contributed by atoms with Gasteiger partial charge in [0.05, 0.1) is 22.7 Å². The zero-order chi connectivity index (χ0) is 73.5. The average molecular weight is 1380 g/mol. The SMILES string of the molecule is Cc1ccc(O)c(C=Nc2ccc(F)cc2)c1.Cc1ccc(O)c(C=Nc2cccc(F)c2)c1.Cc1ccc(O)c(C=Nc2ccccc2F)c1.Cc1ccc(O)c(CNc2ccc(F)cc2)c1.Cc1ccc(O)c(CNc2cccc(F)c2)c1.Cc1ccc(O)c(CNc2ccccc2F)c1. The summed E-state index contributed by atoms with van der Waals surface area (Å²) in [5, 5.41) is 66.9. The molecule has 12 rings (SSSR count). The first-order chi connectivity index (χ1) is 48.9. The minimum Gasteiger partial charge on any atom is -0.508 e. The largest absolute Gasteiger partial charge is 0.508 e. The number of nitrogens with zero attached hydrogens (tertiary/aromatic N) is 3. The van der Waals surface area contributed by atoms with Crippen LogP contribution < -0.4 is 16.0 Å². The fourth-order valence-corrected chi connectivity index (χ4v) is 9.32. The molecule has 9 N–H and O–H groups in total. The predicted molar refractivity (Wildman–Crippen MR) is 399 cm³/mol. The second-order valence-electron chi connectivity index (χ2n) is 23.3. The molecule has 0 aliphatic carbocycles. The Morgan fingerprint density at radius 1 is 0.284 bits per heavy atom. The molecule has 12 nitrogen and oxygen atoms in total. The van der Waals surface area contributed by atoms with Crippen molar-refractivity contribution in [3.05, 3.63) is 356 Å². The number of anilines is 3. The quantitative estimate of drug-likeness (QED) is 0.0355.